The van der Waals surface area contributed by atoms with Gasteiger partial charge in [0, 0.05) is 11.5 Å². The number of hydrogen-bond acceptors (Lipinski definition) is 5. The summed E-state index contributed by atoms with van der Waals surface area (Å²) in [5.74, 6) is 0.0660. The number of carbonyl (C=O) groups excluding carboxylic acids is 2. The van der Waals surface area contributed by atoms with Crippen LogP contribution in [0.1, 0.15) is 55.3 Å². The Bertz CT molecular complexity index is 728. The van der Waals surface area contributed by atoms with Crippen LogP contribution < -0.4 is 0 Å². The average Bonchev–Trinajstić information content (AvgIpc) is 2.94. The molecule has 4 atom stereocenters. The number of esters is 1. The molecule has 0 bridgehead atoms. The van der Waals surface area contributed by atoms with E-state index < -0.39 is 5.97 Å². The predicted octanol–water partition coefficient (Wildman–Crippen LogP) is 3.23. The number of aryl methyl sites for hydroxylation is 1. The molecule has 25 heavy (non-hydrogen) atoms. The van der Waals surface area contributed by atoms with Crippen molar-refractivity contribution in [1.29, 1.82) is 0 Å². The highest BCUT2D eigenvalue weighted by Crippen LogP contribution is 2.53. The average molecular weight is 346 g/mol. The van der Waals surface area contributed by atoms with Crippen LogP contribution in [-0.4, -0.2) is 29.6 Å². The van der Waals surface area contributed by atoms with Crippen LogP contribution in [0.2, 0.25) is 0 Å². The standard InChI is InChI=1S/C20H26O5/c1-5-13(9-21)19(23)25-16-7-6-15-17(22)18-14(11(2)10-24-18)8-20(15,4)12(16)3/h5,10,12,15-16,21H,6-9H2,1-4H3/t12-,15-,16+,20+/m0/s1. The number of aliphatic hydroxyl groups excluding tert-OH is 1. The fourth-order valence-corrected chi connectivity index (χ4v) is 4.45. The minimum Gasteiger partial charge on any atom is -0.461 e. The molecule has 0 unspecified atom stereocenters. The Morgan fingerprint density at radius 2 is 2.20 bits per heavy atom. The van der Waals surface area contributed by atoms with Gasteiger partial charge in [0.2, 0.25) is 5.78 Å². The highest BCUT2D eigenvalue weighted by Gasteiger charge is 2.54. The number of ketones is 1. The maximum atomic E-state index is 12.9. The second kappa shape index (κ2) is 6.45. The zero-order valence-electron chi connectivity index (χ0n) is 15.3. The van der Waals surface area contributed by atoms with Gasteiger partial charge in [-0.05, 0) is 50.0 Å². The fourth-order valence-electron chi connectivity index (χ4n) is 4.45. The van der Waals surface area contributed by atoms with Crippen molar-refractivity contribution in [3.8, 4) is 0 Å². The SMILES string of the molecule is CC=C(CO)C(=O)O[C@@H]1CC[C@H]2C(=O)c3occ(C)c3C[C@]2(C)[C@H]1C. The molecule has 1 saturated carbocycles. The minimum absolute atomic E-state index is 0.0402. The Hall–Kier alpha value is -1.88. The number of ether oxygens (including phenoxy) is 1. The molecule has 1 N–H and O–H groups in total. The number of Topliss-reactive ketones (excluding diaryl/α,β-unsaturated/α-hetero) is 1. The lowest BCUT2D eigenvalue weighted by Crippen LogP contribution is -2.52. The number of rotatable bonds is 3. The molecule has 1 aromatic rings. The molecule has 2 aliphatic rings. The van der Waals surface area contributed by atoms with Gasteiger partial charge in [0.15, 0.2) is 5.76 Å². The van der Waals surface area contributed by atoms with E-state index in [1.165, 1.54) is 0 Å². The van der Waals surface area contributed by atoms with Crippen LogP contribution in [0.3, 0.4) is 0 Å². The van der Waals surface area contributed by atoms with Gasteiger partial charge in [0.25, 0.3) is 0 Å². The van der Waals surface area contributed by atoms with Gasteiger partial charge in [-0.1, -0.05) is 19.9 Å². The van der Waals surface area contributed by atoms with Crippen molar-refractivity contribution in [2.24, 2.45) is 17.3 Å². The normalized spacial score (nSPS) is 32.1. The van der Waals surface area contributed by atoms with E-state index in [1.807, 2.05) is 6.92 Å². The summed E-state index contributed by atoms with van der Waals surface area (Å²) in [6.45, 7) is 7.53. The maximum absolute atomic E-state index is 12.9. The van der Waals surface area contributed by atoms with E-state index >= 15 is 0 Å². The van der Waals surface area contributed by atoms with E-state index in [2.05, 4.69) is 13.8 Å². The fraction of sp³-hybridized carbons (Fsp3) is 0.600. The first-order valence-corrected chi connectivity index (χ1v) is 8.91. The van der Waals surface area contributed by atoms with Crippen LogP contribution in [0.5, 0.6) is 0 Å². The van der Waals surface area contributed by atoms with E-state index in [0.29, 0.717) is 18.6 Å². The number of furan rings is 1. The van der Waals surface area contributed by atoms with E-state index in [9.17, 15) is 14.7 Å². The molecular formula is C20H26O5. The third-order valence-corrected chi connectivity index (χ3v) is 6.37. The molecule has 1 aromatic heterocycles. The first-order valence-electron chi connectivity index (χ1n) is 8.91. The van der Waals surface area contributed by atoms with Crippen LogP contribution in [0.4, 0.5) is 0 Å². The Balaban J connectivity index is 1.86. The number of hydrogen-bond donors (Lipinski definition) is 1. The summed E-state index contributed by atoms with van der Waals surface area (Å²) in [6.07, 6.45) is 5.07. The van der Waals surface area contributed by atoms with Crippen molar-refractivity contribution in [2.45, 2.75) is 53.1 Å². The summed E-state index contributed by atoms with van der Waals surface area (Å²) in [4.78, 5) is 25.1. The van der Waals surface area contributed by atoms with Gasteiger partial charge in [-0.3, -0.25) is 4.79 Å². The molecule has 0 saturated heterocycles. The van der Waals surface area contributed by atoms with Gasteiger partial charge in [-0.25, -0.2) is 4.79 Å². The zero-order valence-corrected chi connectivity index (χ0v) is 15.3. The number of fused-ring (bicyclic) bond motifs is 2. The van der Waals surface area contributed by atoms with Crippen LogP contribution in [0.15, 0.2) is 22.3 Å². The predicted molar refractivity (Wildman–Crippen MR) is 92.2 cm³/mol. The maximum Gasteiger partial charge on any atom is 0.336 e. The Morgan fingerprint density at radius 3 is 2.84 bits per heavy atom. The zero-order chi connectivity index (χ0) is 18.4. The van der Waals surface area contributed by atoms with Gasteiger partial charge in [0.1, 0.15) is 6.10 Å². The van der Waals surface area contributed by atoms with Crippen molar-refractivity contribution in [3.05, 3.63) is 34.8 Å². The monoisotopic (exact) mass is 346 g/mol. The van der Waals surface area contributed by atoms with Crippen molar-refractivity contribution < 1.29 is 23.8 Å². The van der Waals surface area contributed by atoms with Gasteiger partial charge < -0.3 is 14.3 Å². The van der Waals surface area contributed by atoms with Crippen molar-refractivity contribution in [3.63, 3.8) is 0 Å². The summed E-state index contributed by atoms with van der Waals surface area (Å²) in [5, 5.41) is 9.26. The molecule has 136 valence electrons. The van der Waals surface area contributed by atoms with Crippen LogP contribution in [0, 0.1) is 24.2 Å². The van der Waals surface area contributed by atoms with E-state index in [1.54, 1.807) is 19.3 Å². The lowest BCUT2D eigenvalue weighted by molar-refractivity contribution is -0.155. The van der Waals surface area contributed by atoms with Crippen molar-refractivity contribution >= 4 is 11.8 Å². The lowest BCUT2D eigenvalue weighted by atomic mass is 9.54. The molecule has 0 amide bonds. The minimum atomic E-state index is -0.466. The summed E-state index contributed by atoms with van der Waals surface area (Å²) in [6, 6.07) is 0. The van der Waals surface area contributed by atoms with E-state index in [0.717, 1.165) is 17.5 Å². The smallest absolute Gasteiger partial charge is 0.336 e. The second-order valence-corrected chi connectivity index (χ2v) is 7.61. The van der Waals surface area contributed by atoms with Crippen LogP contribution in [0.25, 0.3) is 0 Å². The van der Waals surface area contributed by atoms with Gasteiger partial charge in [-0.15, -0.1) is 0 Å². The third kappa shape index (κ3) is 2.74. The van der Waals surface area contributed by atoms with Gasteiger partial charge in [-0.2, -0.15) is 0 Å². The van der Waals surface area contributed by atoms with Gasteiger partial charge >= 0.3 is 5.97 Å². The summed E-state index contributed by atoms with van der Waals surface area (Å²) < 4.78 is 11.2. The molecule has 0 aromatic carbocycles. The van der Waals surface area contributed by atoms with Gasteiger partial charge in [0.05, 0.1) is 18.4 Å². The Labute approximate surface area is 148 Å². The van der Waals surface area contributed by atoms with E-state index in [-0.39, 0.29) is 41.3 Å². The molecule has 0 radical (unpaired) electrons. The molecule has 5 nitrogen and oxygen atoms in total. The second-order valence-electron chi connectivity index (χ2n) is 7.61. The molecular weight excluding hydrogens is 320 g/mol. The highest BCUT2D eigenvalue weighted by atomic mass is 16.5. The van der Waals surface area contributed by atoms with Crippen LogP contribution >= 0.6 is 0 Å². The first-order chi connectivity index (χ1) is 11.8. The van der Waals surface area contributed by atoms with E-state index in [4.69, 9.17) is 9.15 Å². The molecule has 2 aliphatic carbocycles. The van der Waals surface area contributed by atoms with Crippen LogP contribution in [-0.2, 0) is 16.0 Å². The molecule has 1 heterocycles. The highest BCUT2D eigenvalue weighted by molar-refractivity contribution is 5.99. The molecule has 3 rings (SSSR count). The summed E-state index contributed by atoms with van der Waals surface area (Å²) in [5.41, 5.74) is 2.00. The van der Waals surface area contributed by atoms with Crippen molar-refractivity contribution in [1.82, 2.24) is 0 Å². The molecule has 1 fully saturated rings. The van der Waals surface area contributed by atoms with Crippen molar-refractivity contribution in [2.75, 3.05) is 6.61 Å². The molecule has 0 spiro atoms. The number of allylic oxidation sites excluding steroid dienone is 1. The first kappa shape index (κ1) is 17.9. The third-order valence-electron chi connectivity index (χ3n) is 6.37. The summed E-state index contributed by atoms with van der Waals surface area (Å²) in [7, 11) is 0. The Kier molecular flexibility index (Phi) is 4.62. The largest absolute Gasteiger partial charge is 0.461 e. The topological polar surface area (TPSA) is 76.7 Å². The quantitative estimate of drug-likeness (QED) is 0.672. The number of carbonyl (C=O) groups is 2. The summed E-state index contributed by atoms with van der Waals surface area (Å²) >= 11 is 0. The Morgan fingerprint density at radius 1 is 1.48 bits per heavy atom. The molecule has 5 heteroatoms. The number of aliphatic hydroxyl groups is 1. The molecule has 0 aliphatic heterocycles. The lowest BCUT2D eigenvalue weighted by Gasteiger charge is -2.50.